The molecule has 0 fully saturated rings. The Balaban J connectivity index is 1.29. The third-order valence-corrected chi connectivity index (χ3v) is 9.05. The molecule has 9 rings (SSSR count). The quantitative estimate of drug-likeness (QED) is 0.218. The summed E-state index contributed by atoms with van der Waals surface area (Å²) < 4.78 is 9.17. The number of thiophene rings is 1. The lowest BCUT2D eigenvalue weighted by Gasteiger charge is -2.08. The first kappa shape index (κ1) is 23.3. The molecule has 3 aromatic heterocycles. The van der Waals surface area contributed by atoms with Gasteiger partial charge in [0.25, 0.3) is 0 Å². The number of nitrogens with zero attached hydrogens (tertiary/aromatic N) is 3. The van der Waals surface area contributed by atoms with Crippen LogP contribution >= 0.6 is 11.3 Å². The van der Waals surface area contributed by atoms with E-state index in [0.717, 1.165) is 44.0 Å². The zero-order valence-electron chi connectivity index (χ0n) is 22.3. The molecule has 0 radical (unpaired) electrons. The molecule has 0 atom stereocenters. The van der Waals surface area contributed by atoms with Crippen molar-refractivity contribution in [3.8, 4) is 34.2 Å². The van der Waals surface area contributed by atoms with Crippen molar-refractivity contribution in [1.29, 1.82) is 0 Å². The fourth-order valence-electron chi connectivity index (χ4n) is 5.93. The van der Waals surface area contributed by atoms with Crippen molar-refractivity contribution in [3.05, 3.63) is 127 Å². The van der Waals surface area contributed by atoms with Crippen molar-refractivity contribution in [2.24, 2.45) is 0 Å². The zero-order valence-corrected chi connectivity index (χ0v) is 23.1. The van der Waals surface area contributed by atoms with Gasteiger partial charge in [-0.25, -0.2) is 15.0 Å². The van der Waals surface area contributed by atoms with Crippen LogP contribution in [-0.4, -0.2) is 15.0 Å². The lowest BCUT2D eigenvalue weighted by atomic mass is 10.0. The van der Waals surface area contributed by atoms with Gasteiger partial charge in [-0.2, -0.15) is 0 Å². The molecule has 0 N–H and O–H groups in total. The lowest BCUT2D eigenvalue weighted by molar-refractivity contribution is 0.673. The Morgan fingerprint density at radius 3 is 1.83 bits per heavy atom. The van der Waals surface area contributed by atoms with Crippen LogP contribution in [0.15, 0.2) is 132 Å². The van der Waals surface area contributed by atoms with Crippen molar-refractivity contribution in [2.45, 2.75) is 0 Å². The highest BCUT2D eigenvalue weighted by molar-refractivity contribution is 7.26. The number of fused-ring (bicyclic) bond motifs is 9. The summed E-state index contributed by atoms with van der Waals surface area (Å²) in [5, 5.41) is 7.00. The second kappa shape index (κ2) is 9.06. The Labute approximate surface area is 244 Å². The minimum atomic E-state index is 0.631. The van der Waals surface area contributed by atoms with Crippen molar-refractivity contribution >= 4 is 64.2 Å². The van der Waals surface area contributed by atoms with Gasteiger partial charge in [0.1, 0.15) is 11.2 Å². The van der Waals surface area contributed by atoms with Crippen molar-refractivity contribution in [2.75, 3.05) is 0 Å². The van der Waals surface area contributed by atoms with Gasteiger partial charge in [0.2, 0.25) is 0 Å². The third kappa shape index (κ3) is 3.57. The smallest absolute Gasteiger partial charge is 0.164 e. The van der Waals surface area contributed by atoms with Crippen LogP contribution in [0.4, 0.5) is 0 Å². The van der Waals surface area contributed by atoms with Crippen LogP contribution in [0.25, 0.3) is 87.0 Å². The largest absolute Gasteiger partial charge is 0.455 e. The summed E-state index contributed by atoms with van der Waals surface area (Å²) in [6.07, 6.45) is 0. The Kier molecular flexibility index (Phi) is 5.03. The molecule has 0 spiro atoms. The topological polar surface area (TPSA) is 51.8 Å². The lowest BCUT2D eigenvalue weighted by Crippen LogP contribution is -2.00. The van der Waals surface area contributed by atoms with Gasteiger partial charge in [0, 0.05) is 53.0 Å². The van der Waals surface area contributed by atoms with Crippen LogP contribution in [0.5, 0.6) is 0 Å². The number of benzene rings is 6. The van der Waals surface area contributed by atoms with E-state index in [1.54, 1.807) is 0 Å². The van der Waals surface area contributed by atoms with Crippen molar-refractivity contribution in [1.82, 2.24) is 15.0 Å². The maximum absolute atomic E-state index is 6.62. The zero-order chi connectivity index (χ0) is 27.6. The standard InChI is InChI=1S/C37H21N3OS/c1-3-9-23(10-4-1)35-38-36(24-11-5-2-6-12-24)40-37(39-35)25-16-19-29-28(21-25)26-18-15-22-17-20-31-33(32(22)34(26)41-29)27-13-7-8-14-30(27)42-31/h1-21H. The molecule has 9 aromatic rings. The van der Waals surface area contributed by atoms with E-state index < -0.39 is 0 Å². The summed E-state index contributed by atoms with van der Waals surface area (Å²) in [5.41, 5.74) is 4.58. The normalized spacial score (nSPS) is 11.8. The molecule has 0 aliphatic heterocycles. The summed E-state index contributed by atoms with van der Waals surface area (Å²) in [4.78, 5) is 14.7. The molecule has 0 saturated heterocycles. The highest BCUT2D eigenvalue weighted by Crippen LogP contribution is 2.43. The van der Waals surface area contributed by atoms with Gasteiger partial charge in [-0.15, -0.1) is 11.3 Å². The van der Waals surface area contributed by atoms with Crippen LogP contribution < -0.4 is 0 Å². The van der Waals surface area contributed by atoms with E-state index in [1.807, 2.05) is 84.1 Å². The van der Waals surface area contributed by atoms with E-state index in [4.69, 9.17) is 19.4 Å². The van der Waals surface area contributed by atoms with Crippen LogP contribution in [0.1, 0.15) is 0 Å². The summed E-state index contributed by atoms with van der Waals surface area (Å²) >= 11 is 1.83. The summed E-state index contributed by atoms with van der Waals surface area (Å²) in [7, 11) is 0. The minimum Gasteiger partial charge on any atom is -0.455 e. The second-order valence-corrected chi connectivity index (χ2v) is 11.5. The molecule has 0 aliphatic carbocycles. The molecule has 0 saturated carbocycles. The van der Waals surface area contributed by atoms with Gasteiger partial charge in [-0.3, -0.25) is 0 Å². The number of aromatic nitrogens is 3. The average molecular weight is 556 g/mol. The Morgan fingerprint density at radius 2 is 1.10 bits per heavy atom. The molecule has 0 unspecified atom stereocenters. The monoisotopic (exact) mass is 555 g/mol. The first-order chi connectivity index (χ1) is 20.8. The molecule has 6 aromatic carbocycles. The number of furan rings is 1. The average Bonchev–Trinajstić information content (AvgIpc) is 3.63. The van der Waals surface area contributed by atoms with Gasteiger partial charge in [-0.1, -0.05) is 91.0 Å². The fourth-order valence-corrected chi connectivity index (χ4v) is 7.05. The fraction of sp³-hybridized carbons (Fsp3) is 0. The highest BCUT2D eigenvalue weighted by atomic mass is 32.1. The molecule has 0 bridgehead atoms. The van der Waals surface area contributed by atoms with Crippen molar-refractivity contribution < 1.29 is 4.42 Å². The van der Waals surface area contributed by atoms with E-state index in [2.05, 4.69) is 54.6 Å². The van der Waals surface area contributed by atoms with Gasteiger partial charge >= 0.3 is 0 Å². The van der Waals surface area contributed by atoms with Gasteiger partial charge in [0.15, 0.2) is 17.5 Å². The molecular weight excluding hydrogens is 534 g/mol. The van der Waals surface area contributed by atoms with E-state index in [1.165, 1.54) is 25.6 Å². The highest BCUT2D eigenvalue weighted by Gasteiger charge is 2.18. The van der Waals surface area contributed by atoms with E-state index in [-0.39, 0.29) is 0 Å². The summed E-state index contributed by atoms with van der Waals surface area (Å²) in [5.74, 6) is 1.93. The predicted molar refractivity (Wildman–Crippen MR) is 174 cm³/mol. The van der Waals surface area contributed by atoms with Gasteiger partial charge in [-0.05, 0) is 41.8 Å². The number of hydrogen-bond donors (Lipinski definition) is 0. The predicted octanol–water partition coefficient (Wildman–Crippen LogP) is 10.3. The molecule has 0 amide bonds. The molecule has 4 nitrogen and oxygen atoms in total. The maximum Gasteiger partial charge on any atom is 0.164 e. The Hall–Kier alpha value is -5.39. The first-order valence-electron chi connectivity index (χ1n) is 13.9. The molecule has 0 aliphatic rings. The Morgan fingerprint density at radius 1 is 0.452 bits per heavy atom. The minimum absolute atomic E-state index is 0.631. The van der Waals surface area contributed by atoms with Crippen LogP contribution in [-0.2, 0) is 0 Å². The molecule has 3 heterocycles. The summed E-state index contributed by atoms with van der Waals surface area (Å²) in [6.45, 7) is 0. The van der Waals surface area contributed by atoms with Crippen LogP contribution in [0.2, 0.25) is 0 Å². The SMILES string of the molecule is c1ccc(-c2nc(-c3ccccc3)nc(-c3ccc4oc5c(ccc6ccc7sc8ccccc8c7c65)c4c3)n2)cc1. The van der Waals surface area contributed by atoms with Crippen LogP contribution in [0.3, 0.4) is 0 Å². The van der Waals surface area contributed by atoms with Crippen LogP contribution in [0, 0.1) is 0 Å². The van der Waals surface area contributed by atoms with Gasteiger partial charge in [0.05, 0.1) is 0 Å². The molecule has 5 heteroatoms. The van der Waals surface area contributed by atoms with Crippen molar-refractivity contribution in [3.63, 3.8) is 0 Å². The maximum atomic E-state index is 6.62. The molecular formula is C37H21N3OS. The number of hydrogen-bond acceptors (Lipinski definition) is 5. The van der Waals surface area contributed by atoms with Gasteiger partial charge < -0.3 is 4.42 Å². The van der Waals surface area contributed by atoms with E-state index in [9.17, 15) is 0 Å². The van der Waals surface area contributed by atoms with E-state index in [0.29, 0.717) is 17.5 Å². The number of rotatable bonds is 3. The molecule has 196 valence electrons. The first-order valence-corrected chi connectivity index (χ1v) is 14.7. The third-order valence-electron chi connectivity index (χ3n) is 7.92. The molecule has 42 heavy (non-hydrogen) atoms. The second-order valence-electron chi connectivity index (χ2n) is 10.4. The van der Waals surface area contributed by atoms with E-state index >= 15 is 0 Å². The summed E-state index contributed by atoms with van der Waals surface area (Å²) in [6, 6.07) is 43.8. The Bertz CT molecular complexity index is 2400.